The highest BCUT2D eigenvalue weighted by Crippen LogP contribution is 2.26. The highest BCUT2D eigenvalue weighted by atomic mass is 32.1. The number of H-pyrrole nitrogens is 1. The van der Waals surface area contributed by atoms with Crippen molar-refractivity contribution in [3.8, 4) is 0 Å². The van der Waals surface area contributed by atoms with Crippen molar-refractivity contribution in [2.45, 2.75) is 19.9 Å². The average molecular weight is 338 g/mol. The molecule has 3 rings (SSSR count). The summed E-state index contributed by atoms with van der Waals surface area (Å²) in [6, 6.07) is 13.4. The van der Waals surface area contributed by atoms with Gasteiger partial charge in [0.15, 0.2) is 5.78 Å². The Morgan fingerprint density at radius 1 is 1.17 bits per heavy atom. The van der Waals surface area contributed by atoms with Crippen molar-refractivity contribution in [3.63, 3.8) is 0 Å². The van der Waals surface area contributed by atoms with Gasteiger partial charge in [-0.25, -0.2) is 0 Å². The molecule has 0 aliphatic carbocycles. The van der Waals surface area contributed by atoms with Crippen molar-refractivity contribution in [2.75, 3.05) is 0 Å². The van der Waals surface area contributed by atoms with Crippen molar-refractivity contribution in [1.82, 2.24) is 10.3 Å². The fourth-order valence-electron chi connectivity index (χ4n) is 2.47. The monoisotopic (exact) mass is 338 g/mol. The van der Waals surface area contributed by atoms with Crippen LogP contribution < -0.4 is 5.32 Å². The second-order valence-electron chi connectivity index (χ2n) is 5.69. The lowest BCUT2D eigenvalue weighted by molar-refractivity contribution is 0.0939. The van der Waals surface area contributed by atoms with Gasteiger partial charge in [0.05, 0.1) is 6.04 Å². The number of hydrogen-bond donors (Lipinski definition) is 2. The Morgan fingerprint density at radius 3 is 2.50 bits per heavy atom. The first kappa shape index (κ1) is 16.2. The maximum Gasteiger partial charge on any atom is 0.268 e. The number of Topliss-reactive ketones (excluding diaryl/α,β-unsaturated/α-hetero) is 1. The Labute approximate surface area is 144 Å². The van der Waals surface area contributed by atoms with Gasteiger partial charge in [0, 0.05) is 16.6 Å². The van der Waals surface area contributed by atoms with Crippen LogP contribution in [-0.2, 0) is 0 Å². The van der Waals surface area contributed by atoms with Crippen LogP contribution in [0.4, 0.5) is 0 Å². The number of hydrogen-bond acceptors (Lipinski definition) is 3. The molecule has 0 bridgehead atoms. The molecular weight excluding hydrogens is 320 g/mol. The molecule has 24 heavy (non-hydrogen) atoms. The molecule has 0 aliphatic rings. The van der Waals surface area contributed by atoms with Crippen LogP contribution in [0.5, 0.6) is 0 Å². The molecule has 3 aromatic rings. The molecule has 1 aromatic carbocycles. The van der Waals surface area contributed by atoms with Crippen molar-refractivity contribution in [3.05, 3.63) is 81.3 Å². The molecule has 122 valence electrons. The van der Waals surface area contributed by atoms with Crippen LogP contribution in [0.3, 0.4) is 0 Å². The number of thiophene rings is 1. The third kappa shape index (κ3) is 3.46. The summed E-state index contributed by atoms with van der Waals surface area (Å²) in [6.45, 7) is 3.51. The molecule has 2 heterocycles. The number of aryl methyl sites for hydroxylation is 1. The van der Waals surface area contributed by atoms with Crippen LogP contribution in [0, 0.1) is 6.92 Å². The predicted molar refractivity (Wildman–Crippen MR) is 95.6 cm³/mol. The van der Waals surface area contributed by atoms with E-state index in [9.17, 15) is 9.59 Å². The number of carbonyl (C=O) groups excluding carboxylic acids is 2. The minimum atomic E-state index is -0.235. The molecule has 2 N–H and O–H groups in total. The summed E-state index contributed by atoms with van der Waals surface area (Å²) in [5, 5.41) is 5.04. The molecule has 0 saturated carbocycles. The minimum absolute atomic E-state index is 0.0707. The third-order valence-electron chi connectivity index (χ3n) is 3.85. The Kier molecular flexibility index (Phi) is 4.62. The summed E-state index contributed by atoms with van der Waals surface area (Å²) in [7, 11) is 0. The predicted octanol–water partition coefficient (Wildman–Crippen LogP) is 4.11. The van der Waals surface area contributed by atoms with Crippen molar-refractivity contribution in [2.24, 2.45) is 0 Å². The van der Waals surface area contributed by atoms with Crippen LogP contribution >= 0.6 is 11.3 Å². The Morgan fingerprint density at radius 2 is 1.92 bits per heavy atom. The maximum atomic E-state index is 12.6. The second kappa shape index (κ2) is 6.84. The standard InChI is InChI=1S/C19H18N2O2S/c1-12-5-7-14(8-6-12)18(17-4-3-9-24-17)21-19(23)16-10-15(11-20-16)13(2)22/h3-11,18,20H,1-2H3,(H,21,23)/t18-/m0/s1. The minimum Gasteiger partial charge on any atom is -0.356 e. The molecule has 0 unspecified atom stereocenters. The van der Waals surface area contributed by atoms with E-state index >= 15 is 0 Å². The molecule has 1 amide bonds. The lowest BCUT2D eigenvalue weighted by atomic mass is 10.0. The quantitative estimate of drug-likeness (QED) is 0.688. The molecule has 0 radical (unpaired) electrons. The van der Waals surface area contributed by atoms with Crippen molar-refractivity contribution >= 4 is 23.0 Å². The summed E-state index contributed by atoms with van der Waals surface area (Å²) >= 11 is 1.60. The van der Waals surface area contributed by atoms with E-state index in [2.05, 4.69) is 10.3 Å². The van der Waals surface area contributed by atoms with Gasteiger partial charge in [-0.2, -0.15) is 0 Å². The van der Waals surface area contributed by atoms with Crippen molar-refractivity contribution < 1.29 is 9.59 Å². The first-order valence-electron chi connectivity index (χ1n) is 7.65. The van der Waals surface area contributed by atoms with E-state index in [4.69, 9.17) is 0 Å². The van der Waals surface area contributed by atoms with E-state index in [0.717, 1.165) is 10.4 Å². The van der Waals surface area contributed by atoms with E-state index in [1.54, 1.807) is 23.6 Å². The summed E-state index contributed by atoms with van der Waals surface area (Å²) in [4.78, 5) is 27.9. The average Bonchev–Trinajstić information content (AvgIpc) is 3.25. The van der Waals surface area contributed by atoms with E-state index in [0.29, 0.717) is 11.3 Å². The van der Waals surface area contributed by atoms with Gasteiger partial charge in [-0.1, -0.05) is 35.9 Å². The van der Waals surface area contributed by atoms with E-state index in [-0.39, 0.29) is 17.7 Å². The molecule has 5 heteroatoms. The van der Waals surface area contributed by atoms with Gasteiger partial charge >= 0.3 is 0 Å². The zero-order valence-electron chi connectivity index (χ0n) is 13.5. The Balaban J connectivity index is 1.87. The van der Waals surface area contributed by atoms with Gasteiger partial charge in [-0.05, 0) is 36.9 Å². The molecular formula is C19H18N2O2S. The molecule has 1 atom stereocenters. The SMILES string of the molecule is CC(=O)c1c[nH]c(C(=O)N[C@@H](c2ccc(C)cc2)c2cccs2)c1. The zero-order chi connectivity index (χ0) is 17.1. The molecule has 0 fully saturated rings. The van der Waals surface area contributed by atoms with Gasteiger partial charge < -0.3 is 10.3 Å². The smallest absolute Gasteiger partial charge is 0.268 e. The largest absolute Gasteiger partial charge is 0.356 e. The van der Waals surface area contributed by atoms with Crippen LogP contribution in [-0.4, -0.2) is 16.7 Å². The Bertz CT molecular complexity index is 848. The number of rotatable bonds is 5. The number of aromatic nitrogens is 1. The number of nitrogens with one attached hydrogen (secondary N) is 2. The summed E-state index contributed by atoms with van der Waals surface area (Å²) in [6.07, 6.45) is 1.56. The van der Waals surface area contributed by atoms with Crippen LogP contribution in [0.15, 0.2) is 54.0 Å². The first-order chi connectivity index (χ1) is 11.5. The topological polar surface area (TPSA) is 62.0 Å². The summed E-state index contributed by atoms with van der Waals surface area (Å²) < 4.78 is 0. The zero-order valence-corrected chi connectivity index (χ0v) is 14.3. The fraction of sp³-hybridized carbons (Fsp3) is 0.158. The van der Waals surface area contributed by atoms with E-state index in [1.165, 1.54) is 12.5 Å². The molecule has 4 nitrogen and oxygen atoms in total. The van der Waals surface area contributed by atoms with Gasteiger partial charge in [-0.3, -0.25) is 9.59 Å². The molecule has 0 aliphatic heterocycles. The fourth-order valence-corrected chi connectivity index (χ4v) is 3.27. The molecule has 0 saturated heterocycles. The second-order valence-corrected chi connectivity index (χ2v) is 6.67. The molecule has 2 aromatic heterocycles. The summed E-state index contributed by atoms with van der Waals surface area (Å²) in [5.41, 5.74) is 3.08. The van der Waals surface area contributed by atoms with Gasteiger partial charge in [-0.15, -0.1) is 11.3 Å². The van der Waals surface area contributed by atoms with Gasteiger partial charge in [0.2, 0.25) is 0 Å². The van der Waals surface area contributed by atoms with E-state index < -0.39 is 0 Å². The Hall–Kier alpha value is -2.66. The highest BCUT2D eigenvalue weighted by Gasteiger charge is 2.20. The lowest BCUT2D eigenvalue weighted by Crippen LogP contribution is -2.29. The van der Waals surface area contributed by atoms with E-state index in [1.807, 2.05) is 48.7 Å². The van der Waals surface area contributed by atoms with Crippen LogP contribution in [0.2, 0.25) is 0 Å². The number of carbonyl (C=O) groups is 2. The maximum absolute atomic E-state index is 12.6. The highest BCUT2D eigenvalue weighted by molar-refractivity contribution is 7.10. The summed E-state index contributed by atoms with van der Waals surface area (Å²) in [5.74, 6) is -0.305. The normalized spacial score (nSPS) is 11.9. The number of ketones is 1. The van der Waals surface area contributed by atoms with Crippen LogP contribution in [0.1, 0.15) is 49.8 Å². The third-order valence-corrected chi connectivity index (χ3v) is 4.79. The number of amides is 1. The van der Waals surface area contributed by atoms with Crippen molar-refractivity contribution in [1.29, 1.82) is 0 Å². The molecule has 0 spiro atoms. The van der Waals surface area contributed by atoms with Gasteiger partial charge in [0.25, 0.3) is 5.91 Å². The number of benzene rings is 1. The van der Waals surface area contributed by atoms with Gasteiger partial charge in [0.1, 0.15) is 5.69 Å². The first-order valence-corrected chi connectivity index (χ1v) is 8.53. The number of aromatic amines is 1. The lowest BCUT2D eigenvalue weighted by Gasteiger charge is -2.18. The van der Waals surface area contributed by atoms with Crippen LogP contribution in [0.25, 0.3) is 0 Å².